The number of thiol groups is 1. The molecule has 0 aliphatic heterocycles. The number of carboxylic acids is 1. The largest absolute Gasteiger partial charge is 0.480 e. The molecule has 0 radical (unpaired) electrons. The Labute approximate surface area is 654 Å². The van der Waals surface area contributed by atoms with Gasteiger partial charge in [0.2, 0.25) is 118 Å². The molecule has 48 heteroatoms. The van der Waals surface area contributed by atoms with E-state index >= 15 is 0 Å². The van der Waals surface area contributed by atoms with Crippen LogP contribution in [0, 0.1) is 23.7 Å². The summed E-state index contributed by atoms with van der Waals surface area (Å²) in [7, 11) is 0. The lowest BCUT2D eigenvalue weighted by molar-refractivity contribution is -0.144. The summed E-state index contributed by atoms with van der Waals surface area (Å²) in [5.74, 6) is -27.0. The third-order valence-electron chi connectivity index (χ3n) is 16.3. The van der Waals surface area contributed by atoms with Crippen molar-refractivity contribution in [3.05, 3.63) is 0 Å². The van der Waals surface area contributed by atoms with E-state index in [4.69, 9.17) is 28.7 Å². The van der Waals surface area contributed by atoms with Gasteiger partial charge in [-0.2, -0.15) is 12.6 Å². The van der Waals surface area contributed by atoms with Gasteiger partial charge < -0.3 is 139 Å². The van der Waals surface area contributed by atoms with Gasteiger partial charge in [0.05, 0.1) is 63.3 Å². The third kappa shape index (κ3) is 36.8. The van der Waals surface area contributed by atoms with E-state index in [-0.39, 0.29) is 12.8 Å². The summed E-state index contributed by atoms with van der Waals surface area (Å²) >= 11 is 4.14. The van der Waals surface area contributed by atoms with Crippen LogP contribution in [0.2, 0.25) is 0 Å². The van der Waals surface area contributed by atoms with Crippen molar-refractivity contribution in [3.63, 3.8) is 0 Å². The first kappa shape index (κ1) is 102. The highest BCUT2D eigenvalue weighted by Crippen LogP contribution is 2.12. The molecule has 20 amide bonds. The van der Waals surface area contributed by atoms with Gasteiger partial charge >= 0.3 is 5.97 Å². The number of nitrogens with two attached hydrogens (primary N) is 5. The maximum atomic E-state index is 13.9. The summed E-state index contributed by atoms with van der Waals surface area (Å²) in [5.41, 5.74) is 26.5. The van der Waals surface area contributed by atoms with Gasteiger partial charge in [0, 0.05) is 12.2 Å². The number of carboxylic acid groups (broad SMARTS) is 1. The molecule has 0 aliphatic rings. The van der Waals surface area contributed by atoms with Crippen LogP contribution >= 0.6 is 12.6 Å². The van der Waals surface area contributed by atoms with Crippen LogP contribution in [-0.2, 0) is 101 Å². The van der Waals surface area contributed by atoms with E-state index in [1.54, 1.807) is 0 Å². The number of rotatable bonds is 51. The molecule has 0 fully saturated rings. The zero-order valence-corrected chi connectivity index (χ0v) is 65.6. The van der Waals surface area contributed by atoms with Crippen molar-refractivity contribution >= 4 is 137 Å². The molecular weight excluding hydrogens is 1520 g/mol. The Morgan fingerprint density at radius 2 is 0.584 bits per heavy atom. The van der Waals surface area contributed by atoms with Crippen LogP contribution in [0.3, 0.4) is 0 Å². The summed E-state index contributed by atoms with van der Waals surface area (Å²) in [6.07, 6.45) is -8.13. The van der Waals surface area contributed by atoms with Crippen LogP contribution in [0.25, 0.3) is 0 Å². The van der Waals surface area contributed by atoms with Crippen molar-refractivity contribution in [2.45, 2.75) is 231 Å². The first-order valence-corrected chi connectivity index (χ1v) is 36.0. The Kier molecular flexibility index (Phi) is 44.6. The predicted octanol–water partition coefficient (Wildman–Crippen LogP) is -14.0. The molecule has 0 bridgehead atoms. The molecule has 0 heterocycles. The van der Waals surface area contributed by atoms with Crippen molar-refractivity contribution in [1.29, 1.82) is 0 Å². The van der Waals surface area contributed by atoms with Crippen molar-refractivity contribution in [2.24, 2.45) is 52.3 Å². The fraction of sp³-hybridized carbons (Fsp3) is 0.677. The van der Waals surface area contributed by atoms with Crippen molar-refractivity contribution in [3.8, 4) is 0 Å². The van der Waals surface area contributed by atoms with Crippen LogP contribution < -0.4 is 114 Å². The van der Waals surface area contributed by atoms with Gasteiger partial charge in [-0.3, -0.25) is 95.9 Å². The fourth-order valence-corrected chi connectivity index (χ4v) is 10.1. The molecule has 31 N–H and O–H groups in total. The standard InChI is InChI=1S/C65H111N21O26S/c1-23(2)44(59(105)78-35(65(111)112)18-41(70)94)80-54(100)33(16-39(68)92)75-42(95)19-71-51(97)27(9)73-52(98)28(10)74-63(109)49(30(12)89)86-64(110)50(31(13)90)84-57(103)37(22-113)79-60(106)45(24(3)4)83-61(107)46(25(5)6)82-56(102)36(21-87)76-43(96)20-72-58(104)48(29(11)88)85-62(108)47(26(7)8)81-55(101)34(17-40(69)93)77-53(99)32(66)14-15-38(67)91/h23-37,44-50,87-90,113H,14-22,66H2,1-13H3,(H2,67,91)(H2,68,92)(H2,69,93)(H2,70,94)(H,71,97)(H,72,104)(H,73,98)(H,74,109)(H,75,95)(H,76,96)(H,77,99)(H,78,105)(H,79,106)(H,80,100)(H,81,101)(H,82,102)(H,83,107)(H,84,103)(H,85,108)(H,86,110)(H,111,112)/t27-,28-,29+,30+,31+,32-,33-,34-,35-,36-,37-,44-,45-,46-,47-,48-,49-,50-/m0/s1. The average molecular weight is 1630 g/mol. The smallest absolute Gasteiger partial charge is 0.326 e. The number of hydrogen-bond acceptors (Lipinski definition) is 27. The summed E-state index contributed by atoms with van der Waals surface area (Å²) in [6, 6.07) is -24.8. The molecule has 0 aliphatic carbocycles. The van der Waals surface area contributed by atoms with Gasteiger partial charge in [0.1, 0.15) is 84.6 Å². The molecule has 0 rings (SSSR count). The van der Waals surface area contributed by atoms with Gasteiger partial charge in [0.25, 0.3) is 0 Å². The molecule has 0 aromatic carbocycles. The van der Waals surface area contributed by atoms with Gasteiger partial charge in [-0.25, -0.2) is 4.79 Å². The number of nitrogens with one attached hydrogen (secondary N) is 16. The van der Waals surface area contributed by atoms with Gasteiger partial charge in [-0.1, -0.05) is 55.4 Å². The van der Waals surface area contributed by atoms with E-state index in [1.165, 1.54) is 55.4 Å². The van der Waals surface area contributed by atoms with Crippen LogP contribution in [0.15, 0.2) is 0 Å². The van der Waals surface area contributed by atoms with Crippen molar-refractivity contribution < 1.29 is 126 Å². The summed E-state index contributed by atoms with van der Waals surface area (Å²) in [6.45, 7) is 14.2. The molecule has 0 aromatic heterocycles. The number of aliphatic hydroxyl groups is 4. The van der Waals surface area contributed by atoms with Gasteiger partial charge in [0.15, 0.2) is 0 Å². The SMILES string of the molecule is CC(C)[C@H](NC(=O)[C@H](CC(N)=O)NC(=O)CNC(=O)[C@H](C)NC(=O)[C@H](C)NC(=O)[C@@H](NC(=O)[C@@H](NC(=O)[C@H](CS)NC(=O)[C@@H](NC(=O)[C@@H](NC(=O)[C@H](CO)NC(=O)CNC(=O)[C@@H](NC(=O)[C@@H](NC(=O)[C@H](CC(N)=O)NC(=O)[C@@H](N)CCC(N)=O)C(C)C)[C@@H](C)O)C(C)C)C(C)C)[C@@H](C)O)[C@@H](C)O)C(=O)N[C@@H](CC(N)=O)C(=O)O. The third-order valence-corrected chi connectivity index (χ3v) is 16.7. The van der Waals surface area contributed by atoms with E-state index in [0.717, 1.165) is 34.6 Å². The quantitative estimate of drug-likeness (QED) is 0.0252. The minimum atomic E-state index is -1.95. The molecule has 113 heavy (non-hydrogen) atoms. The Morgan fingerprint density at radius 3 is 0.947 bits per heavy atom. The Morgan fingerprint density at radius 1 is 0.310 bits per heavy atom. The molecule has 0 saturated heterocycles. The van der Waals surface area contributed by atoms with Crippen molar-refractivity contribution in [1.82, 2.24) is 85.1 Å². The van der Waals surface area contributed by atoms with E-state index in [9.17, 15) is 126 Å². The Bertz CT molecular complexity index is 3440. The number of amides is 20. The number of primary amides is 4. The van der Waals surface area contributed by atoms with Gasteiger partial charge in [-0.05, 0) is 64.7 Å². The number of aliphatic carboxylic acids is 1. The van der Waals surface area contributed by atoms with Gasteiger partial charge in [-0.15, -0.1) is 0 Å². The molecule has 638 valence electrons. The molecular formula is C65H111N21O26S. The topological polar surface area (TPSA) is 782 Å². The highest BCUT2D eigenvalue weighted by atomic mass is 32.1. The minimum Gasteiger partial charge on any atom is -0.480 e. The van der Waals surface area contributed by atoms with Crippen LogP contribution in [0.1, 0.15) is 122 Å². The number of aliphatic hydroxyl groups excluding tert-OH is 4. The van der Waals surface area contributed by atoms with Crippen LogP contribution in [-0.4, -0.2) is 284 Å². The first-order chi connectivity index (χ1) is 52.2. The highest BCUT2D eigenvalue weighted by Gasteiger charge is 2.40. The zero-order valence-electron chi connectivity index (χ0n) is 64.7. The second-order valence-electron chi connectivity index (χ2n) is 27.7. The molecule has 0 saturated carbocycles. The first-order valence-electron chi connectivity index (χ1n) is 35.4. The lowest BCUT2D eigenvalue weighted by Crippen LogP contribution is -2.63. The van der Waals surface area contributed by atoms with Crippen LogP contribution in [0.4, 0.5) is 0 Å². The molecule has 0 unspecified atom stereocenters. The fourth-order valence-electron chi connectivity index (χ4n) is 9.80. The van der Waals surface area contributed by atoms with E-state index in [0.29, 0.717) is 0 Å². The second kappa shape index (κ2) is 49.4. The van der Waals surface area contributed by atoms with Crippen molar-refractivity contribution in [2.75, 3.05) is 25.4 Å². The second-order valence-corrected chi connectivity index (χ2v) is 28.1. The average Bonchev–Trinajstić information content (AvgIpc) is 0.862. The summed E-state index contributed by atoms with van der Waals surface area (Å²) < 4.78 is 0. The molecule has 0 aromatic rings. The maximum Gasteiger partial charge on any atom is 0.326 e. The monoisotopic (exact) mass is 1630 g/mol. The molecule has 47 nitrogen and oxygen atoms in total. The lowest BCUT2D eigenvalue weighted by atomic mass is 9.99. The maximum absolute atomic E-state index is 13.9. The summed E-state index contributed by atoms with van der Waals surface area (Å²) in [5, 5.41) is 87.2. The minimum absolute atomic E-state index is 0.222. The zero-order chi connectivity index (χ0) is 87.5. The molecule has 0 spiro atoms. The number of hydrogen-bond donors (Lipinski definition) is 27. The normalized spacial score (nSPS) is 16.0. The predicted molar refractivity (Wildman–Crippen MR) is 395 cm³/mol. The number of carbonyl (C=O) groups excluding carboxylic acids is 20. The van der Waals surface area contributed by atoms with E-state index < -0.39 is 301 Å². The summed E-state index contributed by atoms with van der Waals surface area (Å²) in [4.78, 5) is 272. The highest BCUT2D eigenvalue weighted by molar-refractivity contribution is 7.80. The van der Waals surface area contributed by atoms with E-state index in [2.05, 4.69) is 97.7 Å². The van der Waals surface area contributed by atoms with Crippen LogP contribution in [0.5, 0.6) is 0 Å². The van der Waals surface area contributed by atoms with E-state index in [1.807, 2.05) is 0 Å². The lowest BCUT2D eigenvalue weighted by Gasteiger charge is -2.30. The number of carbonyl (C=O) groups is 21. The Hall–Kier alpha value is -11.0. The molecule has 18 atom stereocenters. The Balaban J connectivity index is 6.03.